The highest BCUT2D eigenvalue weighted by Crippen LogP contribution is 2.24. The highest BCUT2D eigenvalue weighted by atomic mass is 32.1. The van der Waals surface area contributed by atoms with Crippen molar-refractivity contribution in [3.8, 4) is 28.1 Å². The van der Waals surface area contributed by atoms with E-state index < -0.39 is 0 Å². The van der Waals surface area contributed by atoms with E-state index in [0.29, 0.717) is 12.3 Å². The Balaban J connectivity index is 1.31. The van der Waals surface area contributed by atoms with Crippen LogP contribution in [0, 0.1) is 0 Å². The van der Waals surface area contributed by atoms with Gasteiger partial charge in [-0.1, -0.05) is 48.5 Å². The summed E-state index contributed by atoms with van der Waals surface area (Å²) in [6.45, 7) is 0.382. The highest BCUT2D eigenvalue weighted by Gasteiger charge is 2.09. The molecule has 1 N–H and O–H groups in total. The molecule has 4 aromatic rings. The number of hydrogen-bond donors (Lipinski definition) is 1. The van der Waals surface area contributed by atoms with Crippen molar-refractivity contribution in [1.82, 2.24) is 10.3 Å². The van der Waals surface area contributed by atoms with E-state index in [0.717, 1.165) is 27.9 Å². The molecule has 2 heterocycles. The summed E-state index contributed by atoms with van der Waals surface area (Å²) in [5, 5.41) is 6.98. The highest BCUT2D eigenvalue weighted by molar-refractivity contribution is 7.08. The Kier molecular flexibility index (Phi) is 5.98. The first-order chi connectivity index (χ1) is 14.3. The fourth-order valence-corrected chi connectivity index (χ4v) is 3.65. The standard InChI is InChI=1S/C24H20N2O2S/c27-23(26-15-20-7-4-13-25-24(20)21-12-14-29-17-21)16-28-22-10-8-19(9-11-22)18-5-2-1-3-6-18/h1-14,17H,15-16H2,(H,26,27). The third kappa shape index (κ3) is 4.89. The normalized spacial score (nSPS) is 10.5. The molecule has 0 fully saturated rings. The molecule has 0 aliphatic rings. The van der Waals surface area contributed by atoms with Gasteiger partial charge in [-0.3, -0.25) is 9.78 Å². The minimum Gasteiger partial charge on any atom is -0.484 e. The Bertz CT molecular complexity index is 1060. The quantitative estimate of drug-likeness (QED) is 0.465. The maximum absolute atomic E-state index is 12.2. The van der Waals surface area contributed by atoms with Crippen LogP contribution in [0.4, 0.5) is 0 Å². The molecule has 4 nitrogen and oxygen atoms in total. The minimum absolute atomic E-state index is 0.0290. The summed E-state index contributed by atoms with van der Waals surface area (Å²) in [7, 11) is 0. The van der Waals surface area contributed by atoms with Crippen LogP contribution >= 0.6 is 11.3 Å². The van der Waals surface area contributed by atoms with Crippen LogP contribution in [0.1, 0.15) is 5.56 Å². The van der Waals surface area contributed by atoms with E-state index in [9.17, 15) is 4.79 Å². The second-order valence-electron chi connectivity index (χ2n) is 6.48. The summed E-state index contributed by atoms with van der Waals surface area (Å²) in [6.07, 6.45) is 1.76. The van der Waals surface area contributed by atoms with Crippen LogP contribution < -0.4 is 10.1 Å². The summed E-state index contributed by atoms with van der Waals surface area (Å²) >= 11 is 1.63. The lowest BCUT2D eigenvalue weighted by Crippen LogP contribution is -2.28. The number of pyridine rings is 1. The van der Waals surface area contributed by atoms with Gasteiger partial charge in [-0.05, 0) is 46.3 Å². The fraction of sp³-hybridized carbons (Fsp3) is 0.0833. The molecule has 144 valence electrons. The molecule has 0 saturated carbocycles. The van der Waals surface area contributed by atoms with Crippen LogP contribution in [0.2, 0.25) is 0 Å². The van der Waals surface area contributed by atoms with Crippen LogP contribution in [0.3, 0.4) is 0 Å². The van der Waals surface area contributed by atoms with Gasteiger partial charge in [0.15, 0.2) is 6.61 Å². The van der Waals surface area contributed by atoms with Crippen LogP contribution in [-0.4, -0.2) is 17.5 Å². The predicted molar refractivity (Wildman–Crippen MR) is 117 cm³/mol. The Labute approximate surface area is 173 Å². The third-order valence-electron chi connectivity index (χ3n) is 4.49. The van der Waals surface area contributed by atoms with Gasteiger partial charge in [0.05, 0.1) is 5.69 Å². The topological polar surface area (TPSA) is 51.2 Å². The first kappa shape index (κ1) is 18.9. The Morgan fingerprint density at radius 3 is 2.45 bits per heavy atom. The molecular formula is C24H20N2O2S. The van der Waals surface area contributed by atoms with Gasteiger partial charge in [-0.15, -0.1) is 0 Å². The molecule has 0 radical (unpaired) electrons. The summed E-state index contributed by atoms with van der Waals surface area (Å²) in [5.74, 6) is 0.498. The van der Waals surface area contributed by atoms with Crippen molar-refractivity contribution in [2.24, 2.45) is 0 Å². The first-order valence-corrected chi connectivity index (χ1v) is 10.3. The molecule has 0 spiro atoms. The molecule has 0 atom stereocenters. The average molecular weight is 401 g/mol. The van der Waals surface area contributed by atoms with E-state index in [-0.39, 0.29) is 12.5 Å². The van der Waals surface area contributed by atoms with Gasteiger partial charge in [0, 0.05) is 23.7 Å². The van der Waals surface area contributed by atoms with Crippen LogP contribution in [0.5, 0.6) is 5.75 Å². The first-order valence-electron chi connectivity index (χ1n) is 9.31. The molecule has 0 aliphatic carbocycles. The number of aromatic nitrogens is 1. The van der Waals surface area contributed by atoms with E-state index in [2.05, 4.69) is 27.8 Å². The van der Waals surface area contributed by atoms with Crippen molar-refractivity contribution in [1.29, 1.82) is 0 Å². The van der Waals surface area contributed by atoms with Crippen molar-refractivity contribution >= 4 is 17.2 Å². The van der Waals surface area contributed by atoms with Gasteiger partial charge >= 0.3 is 0 Å². The molecule has 1 amide bonds. The average Bonchev–Trinajstić information content (AvgIpc) is 3.32. The number of ether oxygens (including phenoxy) is 1. The molecule has 0 aliphatic heterocycles. The monoisotopic (exact) mass is 400 g/mol. The van der Waals surface area contributed by atoms with Crippen LogP contribution in [0.15, 0.2) is 89.8 Å². The lowest BCUT2D eigenvalue weighted by molar-refractivity contribution is -0.123. The van der Waals surface area contributed by atoms with E-state index >= 15 is 0 Å². The minimum atomic E-state index is -0.169. The molecule has 2 aromatic heterocycles. The van der Waals surface area contributed by atoms with Crippen molar-refractivity contribution in [3.05, 3.63) is 95.3 Å². The molecular weight excluding hydrogens is 380 g/mol. The zero-order chi connectivity index (χ0) is 19.9. The summed E-state index contributed by atoms with van der Waals surface area (Å²) in [6, 6.07) is 23.8. The summed E-state index contributed by atoms with van der Waals surface area (Å²) in [5.41, 5.74) is 5.20. The van der Waals surface area contributed by atoms with E-state index in [1.807, 2.05) is 66.0 Å². The Hall–Kier alpha value is -3.44. The van der Waals surface area contributed by atoms with Crippen molar-refractivity contribution in [2.75, 3.05) is 6.61 Å². The number of rotatable bonds is 7. The van der Waals surface area contributed by atoms with Gasteiger partial charge < -0.3 is 10.1 Å². The van der Waals surface area contributed by atoms with Gasteiger partial charge in [-0.25, -0.2) is 0 Å². The van der Waals surface area contributed by atoms with E-state index in [4.69, 9.17) is 4.74 Å². The smallest absolute Gasteiger partial charge is 0.258 e. The largest absolute Gasteiger partial charge is 0.484 e. The van der Waals surface area contributed by atoms with E-state index in [1.165, 1.54) is 0 Å². The van der Waals surface area contributed by atoms with Crippen molar-refractivity contribution < 1.29 is 9.53 Å². The molecule has 29 heavy (non-hydrogen) atoms. The Morgan fingerprint density at radius 2 is 1.69 bits per heavy atom. The zero-order valence-electron chi connectivity index (χ0n) is 15.7. The predicted octanol–water partition coefficient (Wildman–Crippen LogP) is 5.17. The number of hydrogen-bond acceptors (Lipinski definition) is 4. The number of carbonyl (C=O) groups is 1. The maximum Gasteiger partial charge on any atom is 0.258 e. The lowest BCUT2D eigenvalue weighted by atomic mass is 10.1. The number of thiophene rings is 1. The number of amides is 1. The summed E-state index contributed by atoms with van der Waals surface area (Å²) in [4.78, 5) is 16.7. The lowest BCUT2D eigenvalue weighted by Gasteiger charge is -2.10. The molecule has 4 rings (SSSR count). The number of carbonyl (C=O) groups excluding carboxylic acids is 1. The van der Waals surface area contributed by atoms with Gasteiger partial charge in [-0.2, -0.15) is 11.3 Å². The molecule has 0 saturated heterocycles. The van der Waals surface area contributed by atoms with Crippen LogP contribution in [-0.2, 0) is 11.3 Å². The van der Waals surface area contributed by atoms with Gasteiger partial charge in [0.25, 0.3) is 5.91 Å². The second-order valence-corrected chi connectivity index (χ2v) is 7.26. The fourth-order valence-electron chi connectivity index (χ4n) is 3.01. The zero-order valence-corrected chi connectivity index (χ0v) is 16.6. The number of nitrogens with one attached hydrogen (secondary N) is 1. The van der Waals surface area contributed by atoms with Crippen molar-refractivity contribution in [2.45, 2.75) is 6.54 Å². The Morgan fingerprint density at radius 1 is 0.897 bits per heavy atom. The van der Waals surface area contributed by atoms with Gasteiger partial charge in [0.2, 0.25) is 0 Å². The second kappa shape index (κ2) is 9.17. The number of benzene rings is 2. The molecule has 5 heteroatoms. The maximum atomic E-state index is 12.2. The summed E-state index contributed by atoms with van der Waals surface area (Å²) < 4.78 is 5.62. The molecule has 0 bridgehead atoms. The number of nitrogens with zero attached hydrogens (tertiary/aromatic N) is 1. The molecule has 2 aromatic carbocycles. The third-order valence-corrected chi connectivity index (χ3v) is 5.18. The van der Waals surface area contributed by atoms with Crippen molar-refractivity contribution in [3.63, 3.8) is 0 Å². The SMILES string of the molecule is O=C(COc1ccc(-c2ccccc2)cc1)NCc1cccnc1-c1ccsc1. The molecule has 0 unspecified atom stereocenters. The van der Waals surface area contributed by atoms with Crippen LogP contribution in [0.25, 0.3) is 22.4 Å². The van der Waals surface area contributed by atoms with E-state index in [1.54, 1.807) is 17.5 Å². The van der Waals surface area contributed by atoms with Gasteiger partial charge in [0.1, 0.15) is 5.75 Å².